The van der Waals surface area contributed by atoms with Crippen LogP contribution in [0.5, 0.6) is 0 Å². The lowest BCUT2D eigenvalue weighted by Crippen LogP contribution is -2.35. The van der Waals surface area contributed by atoms with Gasteiger partial charge in [-0.05, 0) is 56.8 Å². The predicted molar refractivity (Wildman–Crippen MR) is 75.0 cm³/mol. The molecule has 0 aromatic heterocycles. The second-order valence-electron chi connectivity index (χ2n) is 5.56. The van der Waals surface area contributed by atoms with Crippen LogP contribution in [0.1, 0.15) is 35.1 Å². The minimum absolute atomic E-state index is 0.221. The molecule has 1 aromatic rings. The van der Waals surface area contributed by atoms with Gasteiger partial charge >= 0.3 is 0 Å². The van der Waals surface area contributed by atoms with Crippen LogP contribution >= 0.6 is 0 Å². The summed E-state index contributed by atoms with van der Waals surface area (Å²) in [6.07, 6.45) is 2.78. The second-order valence-corrected chi connectivity index (χ2v) is 5.56. The molecule has 0 spiro atoms. The molecular weight excluding hydrogens is 222 g/mol. The average Bonchev–Trinajstić information content (AvgIpc) is 2.34. The molecule has 1 atom stereocenters. The molecule has 2 nitrogen and oxygen atoms in total. The van der Waals surface area contributed by atoms with Crippen molar-refractivity contribution in [3.8, 4) is 0 Å². The molecule has 0 bridgehead atoms. The van der Waals surface area contributed by atoms with Gasteiger partial charge in [-0.1, -0.05) is 17.7 Å². The number of benzene rings is 1. The molecule has 1 saturated heterocycles. The molecule has 1 heterocycles. The summed E-state index contributed by atoms with van der Waals surface area (Å²) in [6.45, 7) is 8.26. The summed E-state index contributed by atoms with van der Waals surface area (Å²) in [5, 5.41) is 3.32. The standard InChI is InChI=1S/C16H23NO/c1-11-7-12(2)15(13(3)8-11)9-16(18)14-5-4-6-17-10-14/h7-8,14,17H,4-6,9-10H2,1-3H3. The Morgan fingerprint density at radius 3 is 2.50 bits per heavy atom. The number of Topliss-reactive ketones (excluding diaryl/α,β-unsaturated/α-hetero) is 1. The number of hydrogen-bond donors (Lipinski definition) is 1. The van der Waals surface area contributed by atoms with Gasteiger partial charge in [0.05, 0.1) is 0 Å². The van der Waals surface area contributed by atoms with E-state index in [0.717, 1.165) is 25.9 Å². The Morgan fingerprint density at radius 1 is 1.28 bits per heavy atom. The van der Waals surface area contributed by atoms with E-state index in [1.807, 2.05) is 0 Å². The lowest BCUT2D eigenvalue weighted by Gasteiger charge is -2.22. The molecule has 1 aliphatic rings. The Labute approximate surface area is 110 Å². The molecule has 18 heavy (non-hydrogen) atoms. The number of hydrogen-bond acceptors (Lipinski definition) is 2. The van der Waals surface area contributed by atoms with E-state index in [0.29, 0.717) is 12.2 Å². The van der Waals surface area contributed by atoms with E-state index >= 15 is 0 Å². The maximum Gasteiger partial charge on any atom is 0.141 e. The van der Waals surface area contributed by atoms with Crippen LogP contribution in [0.15, 0.2) is 12.1 Å². The smallest absolute Gasteiger partial charge is 0.141 e. The number of nitrogens with one attached hydrogen (secondary N) is 1. The fraction of sp³-hybridized carbons (Fsp3) is 0.562. The largest absolute Gasteiger partial charge is 0.316 e. The van der Waals surface area contributed by atoms with E-state index in [1.165, 1.54) is 22.3 Å². The Hall–Kier alpha value is -1.15. The number of aryl methyl sites for hydroxylation is 3. The van der Waals surface area contributed by atoms with Crippen LogP contribution in [0.3, 0.4) is 0 Å². The SMILES string of the molecule is Cc1cc(C)c(CC(=O)C2CCCNC2)c(C)c1. The summed E-state index contributed by atoms with van der Waals surface area (Å²) >= 11 is 0. The average molecular weight is 245 g/mol. The molecule has 0 amide bonds. The van der Waals surface area contributed by atoms with Crippen LogP contribution in [-0.4, -0.2) is 18.9 Å². The van der Waals surface area contributed by atoms with Crippen LogP contribution in [0, 0.1) is 26.7 Å². The second kappa shape index (κ2) is 5.66. The van der Waals surface area contributed by atoms with Gasteiger partial charge in [-0.15, -0.1) is 0 Å². The monoisotopic (exact) mass is 245 g/mol. The topological polar surface area (TPSA) is 29.1 Å². The number of piperidine rings is 1. The maximum atomic E-state index is 12.3. The van der Waals surface area contributed by atoms with Crippen LogP contribution in [-0.2, 0) is 11.2 Å². The quantitative estimate of drug-likeness (QED) is 0.887. The highest BCUT2D eigenvalue weighted by atomic mass is 16.1. The summed E-state index contributed by atoms with van der Waals surface area (Å²) in [7, 11) is 0. The minimum Gasteiger partial charge on any atom is -0.316 e. The minimum atomic E-state index is 0.221. The molecule has 1 fully saturated rings. The van der Waals surface area contributed by atoms with E-state index in [9.17, 15) is 4.79 Å². The van der Waals surface area contributed by atoms with Crippen LogP contribution < -0.4 is 5.32 Å². The van der Waals surface area contributed by atoms with Gasteiger partial charge in [0.2, 0.25) is 0 Å². The maximum absolute atomic E-state index is 12.3. The van der Waals surface area contributed by atoms with Crippen LogP contribution in [0.25, 0.3) is 0 Å². The van der Waals surface area contributed by atoms with Gasteiger partial charge in [-0.2, -0.15) is 0 Å². The Morgan fingerprint density at radius 2 is 1.94 bits per heavy atom. The van der Waals surface area contributed by atoms with Gasteiger partial charge < -0.3 is 5.32 Å². The van der Waals surface area contributed by atoms with Crippen molar-refractivity contribution in [1.82, 2.24) is 5.32 Å². The third kappa shape index (κ3) is 2.99. The molecule has 1 N–H and O–H groups in total. The van der Waals surface area contributed by atoms with Crippen LogP contribution in [0.2, 0.25) is 0 Å². The first kappa shape index (κ1) is 13.3. The van der Waals surface area contributed by atoms with Crippen molar-refractivity contribution in [2.45, 2.75) is 40.0 Å². The molecule has 0 aliphatic carbocycles. The highest BCUT2D eigenvalue weighted by molar-refractivity contribution is 5.84. The normalized spacial score (nSPS) is 19.8. The number of carbonyl (C=O) groups excluding carboxylic acids is 1. The lowest BCUT2D eigenvalue weighted by molar-refractivity contribution is -0.122. The Balaban J connectivity index is 2.11. The summed E-state index contributed by atoms with van der Waals surface area (Å²) in [4.78, 5) is 12.3. The summed E-state index contributed by atoms with van der Waals surface area (Å²) in [6, 6.07) is 4.35. The van der Waals surface area contributed by atoms with Crippen molar-refractivity contribution in [1.29, 1.82) is 0 Å². The van der Waals surface area contributed by atoms with Gasteiger partial charge in [0.25, 0.3) is 0 Å². The lowest BCUT2D eigenvalue weighted by atomic mass is 9.88. The molecular formula is C16H23NO. The Bertz CT molecular complexity index is 421. The van der Waals surface area contributed by atoms with E-state index in [1.54, 1.807) is 0 Å². The van der Waals surface area contributed by atoms with Gasteiger partial charge in [-0.25, -0.2) is 0 Å². The van der Waals surface area contributed by atoms with Crippen molar-refractivity contribution in [2.75, 3.05) is 13.1 Å². The van der Waals surface area contributed by atoms with Crippen molar-refractivity contribution >= 4 is 5.78 Å². The van der Waals surface area contributed by atoms with E-state index < -0.39 is 0 Å². The van der Waals surface area contributed by atoms with Crippen LogP contribution in [0.4, 0.5) is 0 Å². The van der Waals surface area contributed by atoms with Gasteiger partial charge in [-0.3, -0.25) is 4.79 Å². The van der Waals surface area contributed by atoms with Crippen molar-refractivity contribution in [2.24, 2.45) is 5.92 Å². The van der Waals surface area contributed by atoms with E-state index in [4.69, 9.17) is 0 Å². The van der Waals surface area contributed by atoms with E-state index in [-0.39, 0.29) is 5.92 Å². The summed E-state index contributed by atoms with van der Waals surface area (Å²) in [5.41, 5.74) is 5.02. The van der Waals surface area contributed by atoms with E-state index in [2.05, 4.69) is 38.2 Å². The van der Waals surface area contributed by atoms with Gasteiger partial charge in [0.1, 0.15) is 5.78 Å². The first-order valence-corrected chi connectivity index (χ1v) is 6.88. The number of carbonyl (C=O) groups is 1. The molecule has 0 saturated carbocycles. The highest BCUT2D eigenvalue weighted by Gasteiger charge is 2.21. The van der Waals surface area contributed by atoms with Gasteiger partial charge in [0.15, 0.2) is 0 Å². The molecule has 2 rings (SSSR count). The number of ketones is 1. The Kier molecular flexibility index (Phi) is 4.18. The van der Waals surface area contributed by atoms with Crippen molar-refractivity contribution in [3.63, 3.8) is 0 Å². The fourth-order valence-electron chi connectivity index (χ4n) is 2.93. The first-order chi connectivity index (χ1) is 8.58. The number of rotatable bonds is 3. The fourth-order valence-corrected chi connectivity index (χ4v) is 2.93. The summed E-state index contributed by atoms with van der Waals surface area (Å²) in [5.74, 6) is 0.621. The molecule has 0 radical (unpaired) electrons. The molecule has 1 aliphatic heterocycles. The van der Waals surface area contributed by atoms with Crippen molar-refractivity contribution < 1.29 is 4.79 Å². The third-order valence-corrected chi connectivity index (χ3v) is 3.94. The third-order valence-electron chi connectivity index (χ3n) is 3.94. The predicted octanol–water partition coefficient (Wildman–Crippen LogP) is 2.72. The zero-order valence-corrected chi connectivity index (χ0v) is 11.7. The van der Waals surface area contributed by atoms with Crippen molar-refractivity contribution in [3.05, 3.63) is 34.4 Å². The summed E-state index contributed by atoms with van der Waals surface area (Å²) < 4.78 is 0. The molecule has 2 heteroatoms. The molecule has 1 unspecified atom stereocenters. The molecule has 1 aromatic carbocycles. The van der Waals surface area contributed by atoms with Gasteiger partial charge in [0, 0.05) is 18.9 Å². The molecule has 98 valence electrons. The first-order valence-electron chi connectivity index (χ1n) is 6.88. The zero-order chi connectivity index (χ0) is 13.1. The highest BCUT2D eigenvalue weighted by Crippen LogP contribution is 2.20. The zero-order valence-electron chi connectivity index (χ0n) is 11.7.